The average molecular weight is 272 g/mol. The summed E-state index contributed by atoms with van der Waals surface area (Å²) in [6.07, 6.45) is 3.56. The van der Waals surface area contributed by atoms with Gasteiger partial charge in [-0.1, -0.05) is 6.42 Å². The highest BCUT2D eigenvalue weighted by Gasteiger charge is 2.40. The first-order chi connectivity index (χ1) is 8.50. The molecular weight excluding hydrogens is 252 g/mol. The molecule has 2 aliphatic rings. The summed E-state index contributed by atoms with van der Waals surface area (Å²) in [7, 11) is 0. The van der Waals surface area contributed by atoms with E-state index in [1.165, 1.54) is 23.1 Å². The van der Waals surface area contributed by atoms with Crippen LogP contribution in [0.1, 0.15) is 33.1 Å². The molecule has 0 aromatic heterocycles. The number of rotatable bonds is 3. The van der Waals surface area contributed by atoms with E-state index in [1.807, 2.05) is 13.8 Å². The van der Waals surface area contributed by atoms with Crippen molar-refractivity contribution in [2.24, 2.45) is 5.92 Å². The topological polar surface area (TPSA) is 69.6 Å². The molecule has 102 valence electrons. The molecule has 18 heavy (non-hydrogen) atoms. The lowest BCUT2D eigenvalue weighted by Crippen LogP contribution is -2.53. The Morgan fingerprint density at radius 2 is 2.11 bits per heavy atom. The lowest BCUT2D eigenvalue weighted by atomic mass is 9.80. The van der Waals surface area contributed by atoms with Crippen LogP contribution in [0.15, 0.2) is 0 Å². The second kappa shape index (κ2) is 5.38. The van der Waals surface area contributed by atoms with Crippen molar-refractivity contribution in [3.8, 4) is 0 Å². The number of urea groups is 1. The van der Waals surface area contributed by atoms with Crippen LogP contribution < -0.4 is 5.32 Å². The molecule has 0 radical (unpaired) electrons. The van der Waals surface area contributed by atoms with Gasteiger partial charge in [-0.2, -0.15) is 0 Å². The Bertz CT molecular complexity index is 346. The fraction of sp³-hybridized carbons (Fsp3) is 0.833. The Morgan fingerprint density at radius 1 is 1.44 bits per heavy atom. The summed E-state index contributed by atoms with van der Waals surface area (Å²) < 4.78 is 0. The summed E-state index contributed by atoms with van der Waals surface area (Å²) >= 11 is 1.51. The van der Waals surface area contributed by atoms with Crippen LogP contribution in [0.4, 0.5) is 4.79 Å². The van der Waals surface area contributed by atoms with Crippen LogP contribution in [0.5, 0.6) is 0 Å². The third kappa shape index (κ3) is 2.58. The molecule has 0 aromatic carbocycles. The van der Waals surface area contributed by atoms with Gasteiger partial charge in [0.2, 0.25) is 0 Å². The number of amides is 2. The molecule has 1 heterocycles. The molecule has 0 spiro atoms. The maximum atomic E-state index is 12.2. The fourth-order valence-corrected chi connectivity index (χ4v) is 3.64. The molecule has 2 amide bonds. The third-order valence-electron chi connectivity index (χ3n) is 3.95. The highest BCUT2D eigenvalue weighted by molar-refractivity contribution is 8.00. The summed E-state index contributed by atoms with van der Waals surface area (Å²) in [6.45, 7) is 3.88. The largest absolute Gasteiger partial charge is 0.480 e. The number of carbonyl (C=O) groups excluding carboxylic acids is 1. The number of hydrogen-bond acceptors (Lipinski definition) is 3. The van der Waals surface area contributed by atoms with Crippen molar-refractivity contribution in [1.29, 1.82) is 0 Å². The number of carboxylic acid groups (broad SMARTS) is 1. The van der Waals surface area contributed by atoms with Gasteiger partial charge in [-0.3, -0.25) is 4.90 Å². The van der Waals surface area contributed by atoms with E-state index < -0.39 is 12.0 Å². The van der Waals surface area contributed by atoms with Crippen molar-refractivity contribution in [2.75, 3.05) is 5.75 Å². The van der Waals surface area contributed by atoms with E-state index in [9.17, 15) is 9.59 Å². The molecule has 3 atom stereocenters. The number of hydrogen-bond donors (Lipinski definition) is 2. The number of carbonyl (C=O) groups is 2. The number of nitrogens with one attached hydrogen (secondary N) is 1. The Kier molecular flexibility index (Phi) is 4.04. The van der Waals surface area contributed by atoms with Crippen LogP contribution in [-0.2, 0) is 4.79 Å². The molecular formula is C12H20N2O3S. The Hall–Kier alpha value is -0.910. The Labute approximate surface area is 111 Å². The van der Waals surface area contributed by atoms with E-state index in [2.05, 4.69) is 5.32 Å². The van der Waals surface area contributed by atoms with Gasteiger partial charge in [0.15, 0.2) is 0 Å². The maximum absolute atomic E-state index is 12.2. The molecule has 0 bridgehead atoms. The number of thioether (sulfide) groups is 1. The molecule has 6 heteroatoms. The van der Waals surface area contributed by atoms with Gasteiger partial charge >= 0.3 is 12.0 Å². The Balaban J connectivity index is 1.95. The van der Waals surface area contributed by atoms with Gasteiger partial charge in [0.25, 0.3) is 0 Å². The average Bonchev–Trinajstić information content (AvgIpc) is 2.57. The molecule has 1 saturated heterocycles. The van der Waals surface area contributed by atoms with Crippen LogP contribution in [0.3, 0.4) is 0 Å². The van der Waals surface area contributed by atoms with Crippen LogP contribution in [0.2, 0.25) is 0 Å². The molecule has 2 N–H and O–H groups in total. The zero-order valence-corrected chi connectivity index (χ0v) is 11.6. The SMILES string of the molecule is CC(NC(=O)N1C(C)SCC1C(=O)O)C1CCC1. The van der Waals surface area contributed by atoms with Crippen molar-refractivity contribution < 1.29 is 14.7 Å². The predicted molar refractivity (Wildman–Crippen MR) is 70.5 cm³/mol. The molecule has 1 saturated carbocycles. The molecule has 5 nitrogen and oxygen atoms in total. The van der Waals surface area contributed by atoms with E-state index in [-0.39, 0.29) is 17.4 Å². The minimum Gasteiger partial charge on any atom is -0.480 e. The first-order valence-electron chi connectivity index (χ1n) is 6.44. The second-order valence-corrected chi connectivity index (χ2v) is 6.47. The highest BCUT2D eigenvalue weighted by Crippen LogP contribution is 2.31. The summed E-state index contributed by atoms with van der Waals surface area (Å²) in [5, 5.41) is 12.0. The summed E-state index contributed by atoms with van der Waals surface area (Å²) in [6, 6.07) is -0.795. The summed E-state index contributed by atoms with van der Waals surface area (Å²) in [5.41, 5.74) is 0. The lowest BCUT2D eigenvalue weighted by molar-refractivity contribution is -0.141. The fourth-order valence-electron chi connectivity index (χ4n) is 2.47. The van der Waals surface area contributed by atoms with Crippen molar-refractivity contribution in [3.63, 3.8) is 0 Å². The number of nitrogens with zero attached hydrogens (tertiary/aromatic N) is 1. The molecule has 3 unspecified atom stereocenters. The van der Waals surface area contributed by atoms with Gasteiger partial charge in [0, 0.05) is 11.8 Å². The summed E-state index contributed by atoms with van der Waals surface area (Å²) in [5.74, 6) is 0.114. The van der Waals surface area contributed by atoms with Gasteiger partial charge in [-0.25, -0.2) is 9.59 Å². The summed E-state index contributed by atoms with van der Waals surface area (Å²) in [4.78, 5) is 24.7. The van der Waals surface area contributed by atoms with E-state index in [4.69, 9.17) is 5.11 Å². The smallest absolute Gasteiger partial charge is 0.327 e. The van der Waals surface area contributed by atoms with E-state index in [0.717, 1.165) is 12.8 Å². The quantitative estimate of drug-likeness (QED) is 0.821. The van der Waals surface area contributed by atoms with Crippen LogP contribution >= 0.6 is 11.8 Å². The zero-order valence-electron chi connectivity index (χ0n) is 10.8. The van der Waals surface area contributed by atoms with Crippen LogP contribution in [-0.4, -0.2) is 45.2 Å². The van der Waals surface area contributed by atoms with Crippen molar-refractivity contribution >= 4 is 23.8 Å². The van der Waals surface area contributed by atoms with Gasteiger partial charge in [0.05, 0.1) is 5.37 Å². The van der Waals surface area contributed by atoms with Crippen molar-refractivity contribution in [3.05, 3.63) is 0 Å². The van der Waals surface area contributed by atoms with Crippen LogP contribution in [0, 0.1) is 5.92 Å². The minimum absolute atomic E-state index is 0.0697. The number of aliphatic carboxylic acids is 1. The van der Waals surface area contributed by atoms with E-state index >= 15 is 0 Å². The number of carboxylic acids is 1. The first-order valence-corrected chi connectivity index (χ1v) is 7.49. The van der Waals surface area contributed by atoms with E-state index in [0.29, 0.717) is 11.7 Å². The maximum Gasteiger partial charge on any atom is 0.327 e. The normalized spacial score (nSPS) is 29.8. The van der Waals surface area contributed by atoms with Gasteiger partial charge in [-0.15, -0.1) is 11.8 Å². The third-order valence-corrected chi connectivity index (χ3v) is 5.17. The molecule has 1 aliphatic heterocycles. The predicted octanol–water partition coefficient (Wildman–Crippen LogP) is 1.73. The molecule has 1 aliphatic carbocycles. The molecule has 0 aromatic rings. The standard InChI is InChI=1S/C12H20N2O3S/c1-7(9-4-3-5-9)13-12(17)14-8(2)18-6-10(14)11(15)16/h7-10H,3-6H2,1-2H3,(H,13,17)(H,15,16). The zero-order chi connectivity index (χ0) is 13.3. The van der Waals surface area contributed by atoms with E-state index in [1.54, 1.807) is 0 Å². The van der Waals surface area contributed by atoms with Gasteiger partial charge < -0.3 is 10.4 Å². The lowest BCUT2D eigenvalue weighted by Gasteiger charge is -2.34. The van der Waals surface area contributed by atoms with Gasteiger partial charge in [0.1, 0.15) is 6.04 Å². The first kappa shape index (κ1) is 13.5. The van der Waals surface area contributed by atoms with Crippen LogP contribution in [0.25, 0.3) is 0 Å². The highest BCUT2D eigenvalue weighted by atomic mass is 32.2. The Morgan fingerprint density at radius 3 is 2.61 bits per heavy atom. The van der Waals surface area contributed by atoms with Gasteiger partial charge in [-0.05, 0) is 32.6 Å². The van der Waals surface area contributed by atoms with Crippen molar-refractivity contribution in [1.82, 2.24) is 10.2 Å². The minimum atomic E-state index is -0.918. The monoisotopic (exact) mass is 272 g/mol. The molecule has 2 rings (SSSR count). The second-order valence-electron chi connectivity index (χ2n) is 5.12. The van der Waals surface area contributed by atoms with Crippen molar-refractivity contribution in [2.45, 2.75) is 50.6 Å². The molecule has 2 fully saturated rings.